The highest BCUT2D eigenvalue weighted by Crippen LogP contribution is 2.40. The molecule has 1 amide bonds. The van der Waals surface area contributed by atoms with Crippen LogP contribution < -0.4 is 15.8 Å². The second-order valence-corrected chi connectivity index (χ2v) is 20.8. The number of halogens is 1. The van der Waals surface area contributed by atoms with Crippen LogP contribution in [0.15, 0.2) is 29.3 Å². The van der Waals surface area contributed by atoms with E-state index in [4.69, 9.17) is 14.5 Å². The van der Waals surface area contributed by atoms with Crippen LogP contribution in [0.25, 0.3) is 33.1 Å². The van der Waals surface area contributed by atoms with E-state index in [1.54, 1.807) is 35.6 Å². The Bertz CT molecular complexity index is 1840. The summed E-state index contributed by atoms with van der Waals surface area (Å²) in [6, 6.07) is 4.36. The first-order valence-corrected chi connectivity index (χ1v) is 19.9. The molecule has 3 atom stereocenters. The van der Waals surface area contributed by atoms with Gasteiger partial charge in [0.1, 0.15) is 18.1 Å². The monoisotopic (exact) mass is 651 g/mol. The Kier molecular flexibility index (Phi) is 8.28. The maximum atomic E-state index is 15.7. The van der Waals surface area contributed by atoms with Crippen LogP contribution >= 0.6 is 0 Å². The summed E-state index contributed by atoms with van der Waals surface area (Å²) in [4.78, 5) is 34.2. The predicted octanol–water partition coefficient (Wildman–Crippen LogP) is 5.76. The van der Waals surface area contributed by atoms with Gasteiger partial charge in [-0.3, -0.25) is 14.0 Å². The Morgan fingerprint density at radius 2 is 1.78 bits per heavy atom. The lowest BCUT2D eigenvalue weighted by Crippen LogP contribution is -2.52. The summed E-state index contributed by atoms with van der Waals surface area (Å²) in [6.45, 7) is 13.3. The van der Waals surface area contributed by atoms with Crippen molar-refractivity contribution in [3.05, 3.63) is 40.7 Å². The van der Waals surface area contributed by atoms with E-state index in [2.05, 4.69) is 35.0 Å². The summed E-state index contributed by atoms with van der Waals surface area (Å²) in [5, 5.41) is 8.54. The van der Waals surface area contributed by atoms with Gasteiger partial charge in [-0.2, -0.15) is 10.1 Å². The summed E-state index contributed by atoms with van der Waals surface area (Å²) in [6.07, 6.45) is 6.55. The minimum absolute atomic E-state index is 0.0232. The minimum Gasteiger partial charge on any atom is -0.444 e. The Morgan fingerprint density at radius 1 is 1.09 bits per heavy atom. The number of rotatable bonds is 8. The third-order valence-electron chi connectivity index (χ3n) is 8.98. The van der Waals surface area contributed by atoms with Gasteiger partial charge in [0, 0.05) is 81.9 Å². The molecule has 46 heavy (non-hydrogen) atoms. The molecule has 2 aliphatic rings. The van der Waals surface area contributed by atoms with Crippen LogP contribution in [0.3, 0.4) is 0 Å². The first kappa shape index (κ1) is 32.2. The molecule has 6 rings (SSSR count). The number of fused-ring (bicyclic) bond motifs is 4. The third-order valence-corrected chi connectivity index (χ3v) is 10.7. The van der Waals surface area contributed by atoms with Crippen molar-refractivity contribution >= 4 is 42.1 Å². The van der Waals surface area contributed by atoms with Crippen LogP contribution in [0.1, 0.15) is 46.5 Å². The smallest absolute Gasteiger partial charge is 0.407 e. The first-order valence-electron chi connectivity index (χ1n) is 16.2. The van der Waals surface area contributed by atoms with E-state index < -0.39 is 25.6 Å². The number of nitrogens with zero attached hydrogens (tertiary/aromatic N) is 6. The minimum atomic E-state index is -1.31. The lowest BCUT2D eigenvalue weighted by molar-refractivity contribution is 0.0492. The standard InChI is InChI=1S/C33H46FN7O4Si/c1-33(2,3)45-32(43)35-21-14-22-9-10-23(15-21)41(22)31-36-29-28(30(42)39(31)5)25(18-40(29)19-44-11-12-46(6,7)8)24-13-20-17-38(4)37-27(20)16-26(24)34/h13,16-18,21-23H,9-12,14-15,19H2,1-8H3,(H,35,43)/t21?,22-,23+. The molecule has 2 aliphatic heterocycles. The van der Waals surface area contributed by atoms with E-state index in [1.165, 1.54) is 6.07 Å². The molecule has 4 aromatic rings. The van der Waals surface area contributed by atoms with E-state index in [0.29, 0.717) is 40.2 Å². The van der Waals surface area contributed by atoms with E-state index in [9.17, 15) is 9.59 Å². The van der Waals surface area contributed by atoms with E-state index in [-0.39, 0.29) is 30.4 Å². The van der Waals surface area contributed by atoms with Gasteiger partial charge in [0.15, 0.2) is 5.65 Å². The zero-order valence-corrected chi connectivity index (χ0v) is 29.2. The second-order valence-electron chi connectivity index (χ2n) is 15.1. The molecular weight excluding hydrogens is 605 g/mol. The molecule has 0 aliphatic carbocycles. The highest BCUT2D eigenvalue weighted by molar-refractivity contribution is 6.76. The Hall–Kier alpha value is -3.71. The molecule has 13 heteroatoms. The molecule has 0 spiro atoms. The van der Waals surface area contributed by atoms with Gasteiger partial charge in [0.2, 0.25) is 5.95 Å². The maximum Gasteiger partial charge on any atom is 0.407 e. The van der Waals surface area contributed by atoms with Crippen molar-refractivity contribution in [2.24, 2.45) is 14.1 Å². The van der Waals surface area contributed by atoms with Crippen LogP contribution in [0.2, 0.25) is 25.7 Å². The molecule has 3 aromatic heterocycles. The number of benzene rings is 1. The summed E-state index contributed by atoms with van der Waals surface area (Å²) < 4.78 is 32.4. The van der Waals surface area contributed by atoms with Crippen molar-refractivity contribution in [1.29, 1.82) is 0 Å². The number of ether oxygens (including phenoxy) is 2. The molecule has 0 radical (unpaired) electrons. The number of anilines is 1. The Morgan fingerprint density at radius 3 is 2.43 bits per heavy atom. The average Bonchev–Trinajstić information content (AvgIpc) is 3.56. The fourth-order valence-electron chi connectivity index (χ4n) is 6.85. The van der Waals surface area contributed by atoms with Gasteiger partial charge in [0.05, 0.1) is 10.9 Å². The van der Waals surface area contributed by atoms with Crippen molar-refractivity contribution in [1.82, 2.24) is 29.2 Å². The van der Waals surface area contributed by atoms with Gasteiger partial charge in [-0.25, -0.2) is 9.18 Å². The summed E-state index contributed by atoms with van der Waals surface area (Å²) >= 11 is 0. The zero-order chi connectivity index (χ0) is 33.1. The number of aryl methyl sites for hydroxylation is 1. The molecule has 2 fully saturated rings. The third kappa shape index (κ3) is 6.44. The van der Waals surface area contributed by atoms with E-state index >= 15 is 4.39 Å². The molecule has 2 saturated heterocycles. The van der Waals surface area contributed by atoms with Crippen molar-refractivity contribution in [2.75, 3.05) is 11.5 Å². The summed E-state index contributed by atoms with van der Waals surface area (Å²) in [5.74, 6) is 0.130. The number of carbonyl (C=O) groups excluding carboxylic acids is 1. The first-order chi connectivity index (χ1) is 21.6. The van der Waals surface area contributed by atoms with Crippen LogP contribution in [0, 0.1) is 5.82 Å². The van der Waals surface area contributed by atoms with Gasteiger partial charge in [-0.15, -0.1) is 0 Å². The SMILES string of the molecule is Cn1cc2cc(-c3cn(COCC[Si](C)(C)C)c4nc(N5[C@@H]6CC[C@H]5CC(NC(=O)OC(C)(C)C)C6)n(C)c(=O)c34)c(F)cc2n1. The van der Waals surface area contributed by atoms with Crippen molar-refractivity contribution in [3.63, 3.8) is 0 Å². The maximum absolute atomic E-state index is 15.7. The molecule has 2 bridgehead atoms. The highest BCUT2D eigenvalue weighted by atomic mass is 28.3. The van der Waals surface area contributed by atoms with Gasteiger partial charge in [-0.05, 0) is 58.6 Å². The van der Waals surface area contributed by atoms with Crippen LogP contribution in [0.5, 0.6) is 0 Å². The number of alkyl carbamates (subject to hydrolysis) is 1. The van der Waals surface area contributed by atoms with Gasteiger partial charge >= 0.3 is 6.09 Å². The number of piperidine rings is 1. The molecule has 1 aromatic carbocycles. The quantitative estimate of drug-likeness (QED) is 0.191. The van der Waals surface area contributed by atoms with Crippen molar-refractivity contribution in [3.8, 4) is 11.1 Å². The number of hydrogen-bond acceptors (Lipinski definition) is 7. The topological polar surface area (TPSA) is 108 Å². The molecular formula is C33H46FN7O4Si. The van der Waals surface area contributed by atoms with E-state index in [1.807, 2.05) is 31.5 Å². The fraction of sp³-hybridized carbons (Fsp3) is 0.576. The zero-order valence-electron chi connectivity index (χ0n) is 28.2. The van der Waals surface area contributed by atoms with Gasteiger partial charge < -0.3 is 24.3 Å². The normalized spacial score (nSPS) is 20.2. The molecule has 1 N–H and O–H groups in total. The molecule has 5 heterocycles. The predicted molar refractivity (Wildman–Crippen MR) is 180 cm³/mol. The number of nitrogens with one attached hydrogen (secondary N) is 1. The largest absolute Gasteiger partial charge is 0.444 e. The number of amides is 1. The number of aromatic nitrogens is 5. The van der Waals surface area contributed by atoms with Crippen molar-refractivity contribution in [2.45, 2.75) is 103 Å². The molecule has 248 valence electrons. The lowest BCUT2D eigenvalue weighted by Gasteiger charge is -2.40. The second kappa shape index (κ2) is 11.8. The molecule has 0 saturated carbocycles. The van der Waals surface area contributed by atoms with Gasteiger partial charge in [-0.1, -0.05) is 19.6 Å². The van der Waals surface area contributed by atoms with Crippen LogP contribution in [-0.4, -0.2) is 68.4 Å². The molecule has 11 nitrogen and oxygen atoms in total. The van der Waals surface area contributed by atoms with Crippen LogP contribution in [0.4, 0.5) is 15.1 Å². The lowest BCUT2D eigenvalue weighted by atomic mass is 9.98. The number of hydrogen-bond donors (Lipinski definition) is 1. The van der Waals surface area contributed by atoms with Crippen LogP contribution in [-0.2, 0) is 30.3 Å². The Labute approximate surface area is 269 Å². The number of carbonyl (C=O) groups is 1. The highest BCUT2D eigenvalue weighted by Gasteiger charge is 2.43. The Balaban J connectivity index is 1.38. The summed E-state index contributed by atoms with van der Waals surface area (Å²) in [7, 11) is 2.22. The van der Waals surface area contributed by atoms with E-state index in [0.717, 1.165) is 37.1 Å². The van der Waals surface area contributed by atoms with Gasteiger partial charge in [0.25, 0.3) is 5.56 Å². The fourth-order valence-corrected chi connectivity index (χ4v) is 7.61. The average molecular weight is 652 g/mol. The summed E-state index contributed by atoms with van der Waals surface area (Å²) in [5.41, 5.74) is 1.02. The van der Waals surface area contributed by atoms with Crippen molar-refractivity contribution < 1.29 is 18.7 Å². The molecule has 1 unspecified atom stereocenters.